The van der Waals surface area contributed by atoms with Crippen LogP contribution in [0.4, 0.5) is 0 Å². The van der Waals surface area contributed by atoms with Crippen LogP contribution in [-0.4, -0.2) is 38.8 Å². The van der Waals surface area contributed by atoms with Crippen molar-refractivity contribution >= 4 is 8.32 Å². The van der Waals surface area contributed by atoms with E-state index in [2.05, 4.69) is 47.7 Å². The molecule has 4 heteroatoms. The molecule has 0 radical (unpaired) electrons. The Morgan fingerprint density at radius 2 is 1.70 bits per heavy atom. The van der Waals surface area contributed by atoms with Gasteiger partial charge in [0.2, 0.25) is 0 Å². The summed E-state index contributed by atoms with van der Waals surface area (Å²) < 4.78 is 13.3. The fourth-order valence-electron chi connectivity index (χ4n) is 9.31. The van der Waals surface area contributed by atoms with E-state index in [-0.39, 0.29) is 22.7 Å². The molecule has 5 aliphatic rings. The highest BCUT2D eigenvalue weighted by Gasteiger charge is 2.78. The highest BCUT2D eigenvalue weighted by atomic mass is 28.4. The van der Waals surface area contributed by atoms with Crippen molar-refractivity contribution in [2.24, 2.45) is 39.9 Å². The van der Waals surface area contributed by atoms with Crippen molar-refractivity contribution in [2.45, 2.75) is 116 Å². The lowest BCUT2D eigenvalue weighted by Crippen LogP contribution is -2.59. The van der Waals surface area contributed by atoms with E-state index in [0.29, 0.717) is 28.8 Å². The molecule has 5 rings (SSSR count). The molecule has 0 aromatic rings. The minimum atomic E-state index is -1.86. The quantitative estimate of drug-likeness (QED) is 0.552. The summed E-state index contributed by atoms with van der Waals surface area (Å²) in [7, 11) is 0.0846. The molecule has 0 bridgehead atoms. The molecule has 5 fully saturated rings. The molecule has 0 aromatic heterocycles. The molecule has 5 aliphatic carbocycles. The van der Waals surface area contributed by atoms with Gasteiger partial charge in [-0.3, -0.25) is 0 Å². The molecule has 30 heavy (non-hydrogen) atoms. The zero-order chi connectivity index (χ0) is 21.9. The first-order valence-corrected chi connectivity index (χ1v) is 15.6. The summed E-state index contributed by atoms with van der Waals surface area (Å²) in [5, 5.41) is 11.7. The number of fused-ring (bicyclic) bond motifs is 4. The van der Waals surface area contributed by atoms with Crippen molar-refractivity contribution in [1.82, 2.24) is 0 Å². The van der Waals surface area contributed by atoms with Crippen LogP contribution in [0.2, 0.25) is 18.1 Å². The van der Waals surface area contributed by atoms with Crippen LogP contribution in [0.3, 0.4) is 0 Å². The summed E-state index contributed by atoms with van der Waals surface area (Å²) in [5.41, 5.74) is 0.981. The SMILES string of the molecule is CO[C@@H]1C[C@H]2[C@@H]3[C@@H](O)C[C@H](O[Si](C)(C)C(C)(C)C)[C@@]3(C)CC[C@@H]2[C@@]2(C)CC[C@@H]3C[C@]312. The third-order valence-electron chi connectivity index (χ3n) is 12.0. The minimum absolute atomic E-state index is 0.108. The van der Waals surface area contributed by atoms with Gasteiger partial charge in [-0.1, -0.05) is 34.6 Å². The van der Waals surface area contributed by atoms with E-state index in [1.807, 2.05) is 7.11 Å². The van der Waals surface area contributed by atoms with E-state index in [9.17, 15) is 5.11 Å². The molecule has 1 N–H and O–H groups in total. The van der Waals surface area contributed by atoms with Crippen molar-refractivity contribution in [1.29, 1.82) is 0 Å². The molecule has 3 nitrogen and oxygen atoms in total. The molecule has 0 amide bonds. The van der Waals surface area contributed by atoms with E-state index in [1.165, 1.54) is 32.1 Å². The lowest BCUT2D eigenvalue weighted by Gasteiger charge is -2.61. The Morgan fingerprint density at radius 1 is 1.00 bits per heavy atom. The highest BCUT2D eigenvalue weighted by Crippen LogP contribution is 2.82. The average molecular weight is 435 g/mol. The monoisotopic (exact) mass is 434 g/mol. The minimum Gasteiger partial charge on any atom is -0.413 e. The second-order valence-electron chi connectivity index (χ2n) is 13.9. The molecule has 0 saturated heterocycles. The lowest BCUT2D eigenvalue weighted by atomic mass is 9.46. The van der Waals surface area contributed by atoms with Crippen molar-refractivity contribution < 1.29 is 14.3 Å². The largest absolute Gasteiger partial charge is 0.413 e. The van der Waals surface area contributed by atoms with Gasteiger partial charge >= 0.3 is 0 Å². The van der Waals surface area contributed by atoms with Gasteiger partial charge in [0.15, 0.2) is 8.32 Å². The Hall–Kier alpha value is 0.0969. The summed E-state index contributed by atoms with van der Waals surface area (Å²) in [4.78, 5) is 0. The normalized spacial score (nSPS) is 54.9. The van der Waals surface area contributed by atoms with Crippen LogP contribution in [0, 0.1) is 39.9 Å². The summed E-state index contributed by atoms with van der Waals surface area (Å²) in [6, 6.07) is 0. The van der Waals surface area contributed by atoms with Gasteiger partial charge < -0.3 is 14.3 Å². The van der Waals surface area contributed by atoms with Gasteiger partial charge in [0, 0.05) is 12.5 Å². The first-order valence-electron chi connectivity index (χ1n) is 12.7. The first kappa shape index (κ1) is 21.9. The van der Waals surface area contributed by atoms with Crippen LogP contribution in [0.25, 0.3) is 0 Å². The molecule has 0 aliphatic heterocycles. The average Bonchev–Trinajstić information content (AvgIpc) is 3.21. The van der Waals surface area contributed by atoms with Crippen molar-refractivity contribution in [2.75, 3.05) is 7.11 Å². The predicted molar refractivity (Wildman–Crippen MR) is 124 cm³/mol. The Labute approximate surface area is 185 Å². The fraction of sp³-hybridized carbons (Fsp3) is 1.00. The van der Waals surface area contributed by atoms with Crippen LogP contribution in [-0.2, 0) is 9.16 Å². The molecular formula is C26H46O3Si. The van der Waals surface area contributed by atoms with Crippen LogP contribution in [0.5, 0.6) is 0 Å². The van der Waals surface area contributed by atoms with Crippen molar-refractivity contribution in [3.63, 3.8) is 0 Å². The molecule has 1 spiro atoms. The second kappa shape index (κ2) is 6.36. The number of rotatable bonds is 3. The maximum atomic E-state index is 11.5. The molecular weight excluding hydrogens is 388 g/mol. The third-order valence-corrected chi connectivity index (χ3v) is 16.5. The Kier molecular flexibility index (Phi) is 4.65. The standard InChI is InChI=1S/C26H46O3Si/c1-23(2,3)30(7,8)29-20-14-19(27)22-17-13-21(28-6)26-15-16(26)9-12-25(26,5)18(17)10-11-24(20,22)4/h16-22,27H,9-15H2,1-8H3/t16-,17-,18+,19+,20+,21-,22-,24-,25-,26+/m1/s1. The number of hydrogen-bond donors (Lipinski definition) is 1. The highest BCUT2D eigenvalue weighted by molar-refractivity contribution is 6.74. The summed E-state index contributed by atoms with van der Waals surface area (Å²) in [6.45, 7) is 16.8. The van der Waals surface area contributed by atoms with Gasteiger partial charge in [0.05, 0.1) is 18.3 Å². The molecule has 10 atom stereocenters. The van der Waals surface area contributed by atoms with Gasteiger partial charge in [-0.25, -0.2) is 0 Å². The number of ether oxygens (including phenoxy) is 1. The van der Waals surface area contributed by atoms with Gasteiger partial charge in [-0.2, -0.15) is 0 Å². The molecule has 0 aromatic carbocycles. The summed E-state index contributed by atoms with van der Waals surface area (Å²) >= 11 is 0. The van der Waals surface area contributed by atoms with Crippen LogP contribution < -0.4 is 0 Å². The van der Waals surface area contributed by atoms with E-state index < -0.39 is 8.32 Å². The molecule has 5 saturated carbocycles. The van der Waals surface area contributed by atoms with E-state index in [0.717, 1.165) is 24.7 Å². The maximum Gasteiger partial charge on any atom is 0.192 e. The van der Waals surface area contributed by atoms with Crippen LogP contribution in [0.15, 0.2) is 0 Å². The fourth-order valence-corrected chi connectivity index (χ4v) is 10.7. The molecule has 172 valence electrons. The zero-order valence-corrected chi connectivity index (χ0v) is 21.8. The number of methoxy groups -OCH3 is 1. The van der Waals surface area contributed by atoms with Crippen LogP contribution in [0.1, 0.15) is 79.6 Å². The smallest absolute Gasteiger partial charge is 0.192 e. The van der Waals surface area contributed by atoms with E-state index in [4.69, 9.17) is 9.16 Å². The number of aliphatic hydroxyl groups excluding tert-OH is 1. The third kappa shape index (κ3) is 2.54. The molecule has 0 heterocycles. The zero-order valence-electron chi connectivity index (χ0n) is 20.8. The van der Waals surface area contributed by atoms with Gasteiger partial charge in [0.25, 0.3) is 0 Å². The van der Waals surface area contributed by atoms with Crippen LogP contribution >= 0.6 is 0 Å². The van der Waals surface area contributed by atoms with E-state index >= 15 is 0 Å². The maximum absolute atomic E-state index is 11.5. The van der Waals surface area contributed by atoms with Crippen molar-refractivity contribution in [3.05, 3.63) is 0 Å². The Bertz CT molecular complexity index is 716. The predicted octanol–water partition coefficient (Wildman–Crippen LogP) is 6.02. The lowest BCUT2D eigenvalue weighted by molar-refractivity contribution is -0.172. The Balaban J connectivity index is 1.46. The van der Waals surface area contributed by atoms with Gasteiger partial charge in [-0.05, 0) is 97.6 Å². The second-order valence-corrected chi connectivity index (χ2v) is 18.6. The van der Waals surface area contributed by atoms with Gasteiger partial charge in [0.1, 0.15) is 0 Å². The topological polar surface area (TPSA) is 38.7 Å². The first-order chi connectivity index (χ1) is 13.8. The number of hydrogen-bond acceptors (Lipinski definition) is 3. The van der Waals surface area contributed by atoms with Gasteiger partial charge in [-0.15, -0.1) is 0 Å². The molecule has 0 unspecified atom stereocenters. The summed E-state index contributed by atoms with van der Waals surface area (Å²) in [5.74, 6) is 2.63. The summed E-state index contributed by atoms with van der Waals surface area (Å²) in [6.07, 6.45) is 9.11. The van der Waals surface area contributed by atoms with E-state index in [1.54, 1.807) is 0 Å². The Morgan fingerprint density at radius 3 is 2.30 bits per heavy atom. The number of aliphatic hydroxyl groups is 1. The van der Waals surface area contributed by atoms with Crippen molar-refractivity contribution in [3.8, 4) is 0 Å².